The van der Waals surface area contributed by atoms with Gasteiger partial charge in [0.1, 0.15) is 11.2 Å². The van der Waals surface area contributed by atoms with Gasteiger partial charge in [-0.15, -0.1) is 0 Å². The zero-order valence-corrected chi connectivity index (χ0v) is 19.7. The van der Waals surface area contributed by atoms with Crippen molar-refractivity contribution in [1.82, 2.24) is 8.96 Å². The van der Waals surface area contributed by atoms with Crippen LogP contribution in [-0.2, 0) is 25.2 Å². The standard InChI is InChI=1S/C23H29N3O5S/c1-15(2)32(29,30)26-19-13-17(11-12-18(19)25-21(26)24)23(28,16-9-7-6-8-10-16)14-20(27)31-22(3,4)5/h6-13,15,28H,14H2,1-5H3,(H2,24,25). The molecule has 0 aliphatic rings. The number of aromatic nitrogens is 2. The first-order chi connectivity index (χ1) is 14.8. The van der Waals surface area contributed by atoms with Crippen molar-refractivity contribution in [3.8, 4) is 0 Å². The molecule has 0 aliphatic heterocycles. The molecular formula is C23H29N3O5S. The largest absolute Gasteiger partial charge is 0.460 e. The van der Waals surface area contributed by atoms with Gasteiger partial charge in [0, 0.05) is 0 Å². The number of nitrogens with two attached hydrogens (primary N) is 1. The molecule has 0 saturated carbocycles. The van der Waals surface area contributed by atoms with Gasteiger partial charge in [0.05, 0.1) is 22.7 Å². The van der Waals surface area contributed by atoms with Crippen molar-refractivity contribution in [1.29, 1.82) is 0 Å². The minimum Gasteiger partial charge on any atom is -0.460 e. The molecule has 0 bridgehead atoms. The van der Waals surface area contributed by atoms with E-state index in [2.05, 4.69) is 4.98 Å². The van der Waals surface area contributed by atoms with Gasteiger partial charge in [0.15, 0.2) is 0 Å². The van der Waals surface area contributed by atoms with Crippen molar-refractivity contribution in [2.24, 2.45) is 0 Å². The first kappa shape index (κ1) is 23.7. The molecule has 2 aromatic carbocycles. The van der Waals surface area contributed by atoms with Crippen LogP contribution in [0.1, 0.15) is 52.2 Å². The van der Waals surface area contributed by atoms with Crippen LogP contribution >= 0.6 is 0 Å². The lowest BCUT2D eigenvalue weighted by Crippen LogP contribution is -2.34. The van der Waals surface area contributed by atoms with Crippen LogP contribution in [0.5, 0.6) is 0 Å². The van der Waals surface area contributed by atoms with E-state index in [0.29, 0.717) is 16.6 Å². The third-order valence-electron chi connectivity index (χ3n) is 5.04. The van der Waals surface area contributed by atoms with Crippen molar-refractivity contribution in [2.75, 3.05) is 5.73 Å². The molecule has 9 heteroatoms. The van der Waals surface area contributed by atoms with Crippen LogP contribution in [0.2, 0.25) is 0 Å². The molecule has 3 rings (SSSR count). The summed E-state index contributed by atoms with van der Waals surface area (Å²) in [7, 11) is -3.81. The molecule has 172 valence electrons. The lowest BCUT2D eigenvalue weighted by Gasteiger charge is -2.30. The van der Waals surface area contributed by atoms with E-state index in [9.17, 15) is 18.3 Å². The fraction of sp³-hybridized carbons (Fsp3) is 0.391. The lowest BCUT2D eigenvalue weighted by atomic mass is 9.83. The maximum absolute atomic E-state index is 12.9. The minimum atomic E-state index is -3.81. The van der Waals surface area contributed by atoms with Gasteiger partial charge in [-0.2, -0.15) is 0 Å². The number of carbonyl (C=O) groups is 1. The maximum atomic E-state index is 12.9. The van der Waals surface area contributed by atoms with Crippen LogP contribution in [-0.4, -0.2) is 39.3 Å². The quantitative estimate of drug-likeness (QED) is 0.543. The van der Waals surface area contributed by atoms with Crippen LogP contribution < -0.4 is 5.73 Å². The number of hydrogen-bond donors (Lipinski definition) is 2. The topological polar surface area (TPSA) is 125 Å². The molecule has 1 unspecified atom stereocenters. The Kier molecular flexibility index (Phi) is 6.10. The normalized spacial score (nSPS) is 14.5. The number of aliphatic hydroxyl groups is 1. The predicted molar refractivity (Wildman–Crippen MR) is 124 cm³/mol. The van der Waals surface area contributed by atoms with Crippen molar-refractivity contribution in [3.63, 3.8) is 0 Å². The number of carbonyl (C=O) groups excluding carboxylic acids is 1. The van der Waals surface area contributed by atoms with Crippen molar-refractivity contribution >= 4 is 33.0 Å². The van der Waals surface area contributed by atoms with Crippen molar-refractivity contribution < 1.29 is 23.1 Å². The van der Waals surface area contributed by atoms with Crippen LogP contribution in [0.3, 0.4) is 0 Å². The molecule has 0 amide bonds. The Labute approximate surface area is 188 Å². The highest BCUT2D eigenvalue weighted by atomic mass is 32.2. The summed E-state index contributed by atoms with van der Waals surface area (Å²) in [6.07, 6.45) is -0.361. The fourth-order valence-corrected chi connectivity index (χ4v) is 4.62. The van der Waals surface area contributed by atoms with E-state index < -0.39 is 32.4 Å². The average Bonchev–Trinajstić information content (AvgIpc) is 3.02. The highest BCUT2D eigenvalue weighted by Crippen LogP contribution is 2.36. The summed E-state index contributed by atoms with van der Waals surface area (Å²) in [5.41, 5.74) is 4.83. The number of ether oxygens (including phenoxy) is 1. The molecule has 0 saturated heterocycles. The molecule has 0 spiro atoms. The Bertz CT molecular complexity index is 1240. The Morgan fingerprint density at radius 1 is 1.12 bits per heavy atom. The predicted octanol–water partition coefficient (Wildman–Crippen LogP) is 3.17. The first-order valence-electron chi connectivity index (χ1n) is 10.3. The van der Waals surface area contributed by atoms with Gasteiger partial charge in [-0.05, 0) is 57.9 Å². The molecule has 32 heavy (non-hydrogen) atoms. The number of rotatable bonds is 6. The van der Waals surface area contributed by atoms with Gasteiger partial charge < -0.3 is 15.6 Å². The molecule has 3 N–H and O–H groups in total. The number of anilines is 1. The van der Waals surface area contributed by atoms with Gasteiger partial charge in [0.2, 0.25) is 16.0 Å². The van der Waals surface area contributed by atoms with Crippen LogP contribution in [0.15, 0.2) is 48.5 Å². The summed E-state index contributed by atoms with van der Waals surface area (Å²) in [6, 6.07) is 13.4. The van der Waals surface area contributed by atoms with E-state index >= 15 is 0 Å². The van der Waals surface area contributed by atoms with Crippen LogP contribution in [0.25, 0.3) is 11.0 Å². The smallest absolute Gasteiger partial charge is 0.309 e. The van der Waals surface area contributed by atoms with Gasteiger partial charge in [0.25, 0.3) is 0 Å². The second-order valence-corrected chi connectivity index (χ2v) is 11.4. The zero-order chi connectivity index (χ0) is 23.9. The Balaban J connectivity index is 2.21. The summed E-state index contributed by atoms with van der Waals surface area (Å²) >= 11 is 0. The number of hydrogen-bond acceptors (Lipinski definition) is 7. The van der Waals surface area contributed by atoms with E-state index in [1.807, 2.05) is 0 Å². The molecule has 3 aromatic rings. The average molecular weight is 460 g/mol. The van der Waals surface area contributed by atoms with Gasteiger partial charge in [-0.3, -0.25) is 4.79 Å². The van der Waals surface area contributed by atoms with Gasteiger partial charge in [-0.25, -0.2) is 17.4 Å². The van der Waals surface area contributed by atoms with E-state index in [1.54, 1.807) is 77.1 Å². The third-order valence-corrected chi connectivity index (χ3v) is 7.12. The number of benzene rings is 2. The number of nitrogens with zero attached hydrogens (tertiary/aromatic N) is 2. The van der Waals surface area contributed by atoms with Crippen LogP contribution in [0.4, 0.5) is 5.95 Å². The molecule has 1 aromatic heterocycles. The van der Waals surface area contributed by atoms with Crippen molar-refractivity contribution in [3.05, 3.63) is 59.7 Å². The maximum Gasteiger partial charge on any atom is 0.309 e. The SMILES string of the molecule is CC(C)S(=O)(=O)n1c(N)nc2ccc(C(O)(CC(=O)OC(C)(C)C)c3ccccc3)cc21. The number of fused-ring (bicyclic) bond motifs is 1. The summed E-state index contributed by atoms with van der Waals surface area (Å²) in [6.45, 7) is 8.34. The zero-order valence-electron chi connectivity index (χ0n) is 18.9. The molecule has 1 heterocycles. The molecule has 0 fully saturated rings. The second kappa shape index (κ2) is 8.22. The Morgan fingerprint density at radius 3 is 2.31 bits per heavy atom. The summed E-state index contributed by atoms with van der Waals surface area (Å²) in [5, 5.41) is 11.0. The summed E-state index contributed by atoms with van der Waals surface area (Å²) < 4.78 is 32.2. The van der Waals surface area contributed by atoms with E-state index in [0.717, 1.165) is 3.97 Å². The minimum absolute atomic E-state index is 0.166. The number of imidazole rings is 1. The Hall–Kier alpha value is -2.91. The van der Waals surface area contributed by atoms with Crippen molar-refractivity contribution in [2.45, 2.75) is 57.5 Å². The third kappa shape index (κ3) is 4.49. The molecule has 0 aliphatic carbocycles. The highest BCUT2D eigenvalue weighted by molar-refractivity contribution is 7.90. The lowest BCUT2D eigenvalue weighted by molar-refractivity contribution is -0.159. The Morgan fingerprint density at radius 2 is 1.75 bits per heavy atom. The monoisotopic (exact) mass is 459 g/mol. The second-order valence-electron chi connectivity index (χ2n) is 9.02. The molecule has 8 nitrogen and oxygen atoms in total. The number of esters is 1. The van der Waals surface area contributed by atoms with E-state index in [1.165, 1.54) is 6.07 Å². The molecule has 0 radical (unpaired) electrons. The summed E-state index contributed by atoms with van der Waals surface area (Å²) in [5.74, 6) is -0.756. The highest BCUT2D eigenvalue weighted by Gasteiger charge is 2.37. The first-order valence-corrected chi connectivity index (χ1v) is 11.8. The molecule has 1 atom stereocenters. The van der Waals surface area contributed by atoms with E-state index in [4.69, 9.17) is 10.5 Å². The molecular weight excluding hydrogens is 430 g/mol. The van der Waals surface area contributed by atoms with Gasteiger partial charge in [-0.1, -0.05) is 36.4 Å². The fourth-order valence-electron chi connectivity index (χ4n) is 3.48. The van der Waals surface area contributed by atoms with E-state index in [-0.39, 0.29) is 17.9 Å². The summed E-state index contributed by atoms with van der Waals surface area (Å²) in [4.78, 5) is 16.8. The number of nitrogen functional groups attached to an aromatic ring is 1. The van der Waals surface area contributed by atoms with Gasteiger partial charge >= 0.3 is 5.97 Å². The van der Waals surface area contributed by atoms with Crippen LogP contribution in [0, 0.1) is 0 Å².